The molecule has 0 bridgehead atoms. The van der Waals surface area contributed by atoms with Crippen LogP contribution < -0.4 is 4.65 Å². The highest BCUT2D eigenvalue weighted by Crippen LogP contribution is 2.26. The zero-order valence-corrected chi connectivity index (χ0v) is 12.6. The van der Waals surface area contributed by atoms with Gasteiger partial charge in [-0.05, 0) is 23.8 Å². The number of aromatic nitrogens is 1. The zero-order chi connectivity index (χ0) is 17.0. The number of carboxylic acids is 1. The minimum absolute atomic E-state index is 0.00333. The third kappa shape index (κ3) is 3.88. The van der Waals surface area contributed by atoms with Gasteiger partial charge in [0, 0.05) is 11.8 Å². The van der Waals surface area contributed by atoms with Crippen LogP contribution in [0.1, 0.15) is 10.5 Å². The Balaban J connectivity index is 2.37. The van der Waals surface area contributed by atoms with Crippen molar-refractivity contribution >= 4 is 27.9 Å². The van der Waals surface area contributed by atoms with E-state index in [1.807, 2.05) is 0 Å². The second-order valence-electron chi connectivity index (χ2n) is 4.84. The van der Waals surface area contributed by atoms with Crippen LogP contribution in [0.3, 0.4) is 0 Å². The monoisotopic (exact) mass is 314 g/mol. The van der Waals surface area contributed by atoms with Crippen molar-refractivity contribution in [2.75, 3.05) is 6.54 Å². The maximum Gasteiger partial charge on any atom is 0.322 e. The van der Waals surface area contributed by atoms with Gasteiger partial charge in [-0.15, -0.1) is 0 Å². The van der Waals surface area contributed by atoms with E-state index in [4.69, 9.17) is 9.76 Å². The van der Waals surface area contributed by atoms with Gasteiger partial charge in [0.25, 0.3) is 5.91 Å². The summed E-state index contributed by atoms with van der Waals surface area (Å²) >= 11 is 0. The first-order valence-electron chi connectivity index (χ1n) is 6.69. The van der Waals surface area contributed by atoms with Crippen LogP contribution in [-0.4, -0.2) is 49.4 Å². The van der Waals surface area contributed by atoms with E-state index in [1.165, 1.54) is 34.4 Å². The van der Waals surface area contributed by atoms with Crippen LogP contribution >= 0.6 is 0 Å². The molecule has 0 aliphatic rings. The number of aliphatic carboxylic acids is 1. The van der Waals surface area contributed by atoms with E-state index in [0.29, 0.717) is 11.1 Å². The summed E-state index contributed by atoms with van der Waals surface area (Å²) < 4.78 is 18.5. The van der Waals surface area contributed by atoms with Gasteiger partial charge in [-0.3, -0.25) is 9.59 Å². The SMILES string of the molecule is BOc1cc(-c2cccc(F)c2)cnc1C(=O)N(B)CC(=O)O. The van der Waals surface area contributed by atoms with Gasteiger partial charge < -0.3 is 14.6 Å². The Morgan fingerprint density at radius 3 is 2.65 bits per heavy atom. The molecule has 0 radical (unpaired) electrons. The zero-order valence-electron chi connectivity index (χ0n) is 12.6. The maximum atomic E-state index is 13.3. The van der Waals surface area contributed by atoms with Crippen LogP contribution in [-0.2, 0) is 4.79 Å². The first kappa shape index (κ1) is 16.5. The molecule has 2 aromatic rings. The van der Waals surface area contributed by atoms with Crippen LogP contribution in [0.2, 0.25) is 0 Å². The molecule has 116 valence electrons. The van der Waals surface area contributed by atoms with Gasteiger partial charge >= 0.3 is 14.0 Å². The number of hydrogen-bond donors (Lipinski definition) is 1. The Hall–Kier alpha value is -2.83. The third-order valence-electron chi connectivity index (χ3n) is 3.15. The minimum atomic E-state index is -1.13. The summed E-state index contributed by atoms with van der Waals surface area (Å²) in [7, 11) is 2.73. The van der Waals surface area contributed by atoms with Gasteiger partial charge in [-0.1, -0.05) is 12.1 Å². The minimum Gasteiger partial charge on any atom is -0.566 e. The van der Waals surface area contributed by atoms with Gasteiger partial charge in [-0.2, -0.15) is 0 Å². The summed E-state index contributed by atoms with van der Waals surface area (Å²) in [5.41, 5.74) is 1.17. The fraction of sp³-hybridized carbons (Fsp3) is 0.0714. The summed E-state index contributed by atoms with van der Waals surface area (Å²) in [6.45, 7) is -0.449. The molecule has 0 aliphatic heterocycles. The van der Waals surface area contributed by atoms with Crippen molar-refractivity contribution in [1.82, 2.24) is 9.79 Å². The van der Waals surface area contributed by atoms with Gasteiger partial charge in [0.2, 0.25) is 7.98 Å². The lowest BCUT2D eigenvalue weighted by Crippen LogP contribution is -2.34. The molecule has 23 heavy (non-hydrogen) atoms. The van der Waals surface area contributed by atoms with Crippen molar-refractivity contribution in [3.63, 3.8) is 0 Å². The molecule has 0 unspecified atom stereocenters. The smallest absolute Gasteiger partial charge is 0.322 e. The highest BCUT2D eigenvalue weighted by molar-refractivity contribution is 6.19. The summed E-state index contributed by atoms with van der Waals surface area (Å²) in [5.74, 6) is -1.90. The predicted octanol–water partition coefficient (Wildman–Crippen LogP) is -0.111. The number of pyridine rings is 1. The average molecular weight is 314 g/mol. The number of benzene rings is 1. The molecule has 1 N–H and O–H groups in total. The van der Waals surface area contributed by atoms with Crippen molar-refractivity contribution in [3.8, 4) is 16.9 Å². The van der Waals surface area contributed by atoms with E-state index in [1.54, 1.807) is 18.2 Å². The molecular formula is C14H13B2FN2O4. The van der Waals surface area contributed by atoms with Crippen LogP contribution in [0.15, 0.2) is 36.5 Å². The molecule has 0 saturated heterocycles. The number of carbonyl (C=O) groups is 2. The van der Waals surface area contributed by atoms with Gasteiger partial charge in [-0.25, -0.2) is 9.37 Å². The van der Waals surface area contributed by atoms with Gasteiger partial charge in [0.05, 0.1) is 0 Å². The summed E-state index contributed by atoms with van der Waals surface area (Å²) in [6, 6.07) is 7.50. The molecule has 1 heterocycles. The Morgan fingerprint density at radius 1 is 1.30 bits per heavy atom. The van der Waals surface area contributed by atoms with E-state index >= 15 is 0 Å². The molecule has 1 amide bonds. The van der Waals surface area contributed by atoms with E-state index in [9.17, 15) is 14.0 Å². The van der Waals surface area contributed by atoms with Gasteiger partial charge in [0.15, 0.2) is 5.69 Å². The molecule has 0 fully saturated rings. The summed E-state index contributed by atoms with van der Waals surface area (Å²) in [5, 5.41) is 8.74. The number of rotatable bonds is 5. The molecular weight excluding hydrogens is 301 g/mol. The molecule has 9 heteroatoms. The van der Waals surface area contributed by atoms with Crippen molar-refractivity contribution in [1.29, 1.82) is 0 Å². The molecule has 1 aromatic heterocycles. The quantitative estimate of drug-likeness (QED) is 0.779. The van der Waals surface area contributed by atoms with Crippen molar-refractivity contribution in [3.05, 3.63) is 48.0 Å². The first-order valence-corrected chi connectivity index (χ1v) is 6.69. The Kier molecular flexibility index (Phi) is 5.00. The molecule has 0 aliphatic carbocycles. The number of nitrogens with zero attached hydrogens (tertiary/aromatic N) is 2. The summed E-state index contributed by atoms with van der Waals surface area (Å²) in [4.78, 5) is 28.0. The van der Waals surface area contributed by atoms with Crippen molar-refractivity contribution in [2.24, 2.45) is 0 Å². The average Bonchev–Trinajstić information content (AvgIpc) is 2.53. The second kappa shape index (κ2) is 6.95. The van der Waals surface area contributed by atoms with Crippen molar-refractivity contribution in [2.45, 2.75) is 0 Å². The lowest BCUT2D eigenvalue weighted by molar-refractivity contribution is -0.136. The van der Waals surface area contributed by atoms with Crippen LogP contribution in [0, 0.1) is 5.82 Å². The van der Waals surface area contributed by atoms with E-state index < -0.39 is 18.4 Å². The highest BCUT2D eigenvalue weighted by Gasteiger charge is 2.20. The van der Waals surface area contributed by atoms with E-state index in [2.05, 4.69) is 4.98 Å². The molecule has 0 saturated carbocycles. The van der Waals surface area contributed by atoms with Crippen LogP contribution in [0.25, 0.3) is 11.1 Å². The maximum absolute atomic E-state index is 13.3. The molecule has 2 rings (SSSR count). The predicted molar refractivity (Wildman–Crippen MR) is 86.0 cm³/mol. The number of carboxylic acid groups (broad SMARTS) is 1. The topological polar surface area (TPSA) is 79.7 Å². The third-order valence-corrected chi connectivity index (χ3v) is 3.15. The molecule has 0 spiro atoms. The first-order chi connectivity index (χ1) is 10.9. The Morgan fingerprint density at radius 2 is 2.04 bits per heavy atom. The van der Waals surface area contributed by atoms with Crippen LogP contribution in [0.4, 0.5) is 4.39 Å². The highest BCUT2D eigenvalue weighted by atomic mass is 19.1. The lowest BCUT2D eigenvalue weighted by Gasteiger charge is -2.17. The normalized spacial score (nSPS) is 10.1. The number of halogens is 1. The number of carbonyl (C=O) groups excluding carboxylic acids is 1. The number of amides is 1. The fourth-order valence-corrected chi connectivity index (χ4v) is 2.04. The molecule has 1 aromatic carbocycles. The fourth-order valence-electron chi connectivity index (χ4n) is 2.04. The van der Waals surface area contributed by atoms with Crippen molar-refractivity contribution < 1.29 is 23.7 Å². The lowest BCUT2D eigenvalue weighted by atomic mass is 10.1. The van der Waals surface area contributed by atoms with Crippen LogP contribution in [0.5, 0.6) is 5.75 Å². The van der Waals surface area contributed by atoms with E-state index in [0.717, 1.165) is 4.81 Å². The van der Waals surface area contributed by atoms with Gasteiger partial charge in [0.1, 0.15) is 18.1 Å². The molecule has 6 nitrogen and oxygen atoms in total. The number of hydrogen-bond acceptors (Lipinski definition) is 4. The van der Waals surface area contributed by atoms with E-state index in [-0.39, 0.29) is 17.3 Å². The summed E-state index contributed by atoms with van der Waals surface area (Å²) in [6.07, 6.45) is 1.42. The Bertz CT molecular complexity index is 757. The standard InChI is InChI=1S/C14H13B2FN2O4/c15-19(7-12(20)21)14(22)13-11(23-16)5-9(6-18-13)8-2-1-3-10(17)4-8/h1-6H,7,15-16H2,(H,20,21). The largest absolute Gasteiger partial charge is 0.566 e. The second-order valence-corrected chi connectivity index (χ2v) is 4.84. The Labute approximate surface area is 133 Å². The molecule has 0 atom stereocenters.